The molecule has 0 saturated heterocycles. The molecule has 0 fully saturated rings. The minimum Gasteiger partial charge on any atom is -0.267 e. The van der Waals surface area contributed by atoms with Gasteiger partial charge in [-0.25, -0.2) is 4.98 Å². The predicted molar refractivity (Wildman–Crippen MR) is 76.2 cm³/mol. The van der Waals surface area contributed by atoms with Gasteiger partial charge in [0.15, 0.2) is 0 Å². The van der Waals surface area contributed by atoms with E-state index in [2.05, 4.69) is 31.8 Å². The summed E-state index contributed by atoms with van der Waals surface area (Å²) in [4.78, 5) is 27.7. The standard InChI is InChI=1S/C11H7BrClN3O2S/c12-8-2-1-7(19-8)11(18)16-15-10(17)6-3-4-14-9(13)5-6/h1-5H,(H,15,17)(H,16,18). The molecule has 0 atom stereocenters. The Morgan fingerprint density at radius 1 is 1.21 bits per heavy atom. The van der Waals surface area contributed by atoms with Gasteiger partial charge in [0, 0.05) is 11.8 Å². The number of hydrogen-bond donors (Lipinski definition) is 2. The summed E-state index contributed by atoms with van der Waals surface area (Å²) in [6, 6.07) is 6.31. The van der Waals surface area contributed by atoms with Gasteiger partial charge in [-0.15, -0.1) is 11.3 Å². The van der Waals surface area contributed by atoms with Crippen molar-refractivity contribution in [2.45, 2.75) is 0 Å². The van der Waals surface area contributed by atoms with Gasteiger partial charge in [0.05, 0.1) is 8.66 Å². The first-order chi connectivity index (χ1) is 9.06. The molecule has 0 aliphatic heterocycles. The normalized spacial score (nSPS) is 10.0. The second-order valence-electron chi connectivity index (χ2n) is 3.38. The van der Waals surface area contributed by atoms with E-state index in [-0.39, 0.29) is 11.1 Å². The summed E-state index contributed by atoms with van der Waals surface area (Å²) in [7, 11) is 0. The molecule has 2 amide bonds. The van der Waals surface area contributed by atoms with Crippen molar-refractivity contribution in [2.24, 2.45) is 0 Å². The quantitative estimate of drug-likeness (QED) is 0.639. The lowest BCUT2D eigenvalue weighted by molar-refractivity contribution is 0.0849. The number of amides is 2. The molecular formula is C11H7BrClN3O2S. The Morgan fingerprint density at radius 2 is 1.95 bits per heavy atom. The van der Waals surface area contributed by atoms with Crippen LogP contribution in [0.25, 0.3) is 0 Å². The number of hydrogen-bond acceptors (Lipinski definition) is 4. The van der Waals surface area contributed by atoms with E-state index >= 15 is 0 Å². The summed E-state index contributed by atoms with van der Waals surface area (Å²) >= 11 is 10.2. The van der Waals surface area contributed by atoms with E-state index < -0.39 is 5.91 Å². The molecule has 19 heavy (non-hydrogen) atoms. The zero-order valence-corrected chi connectivity index (χ0v) is 12.5. The lowest BCUT2D eigenvalue weighted by atomic mass is 10.2. The van der Waals surface area contributed by atoms with Gasteiger partial charge in [0.2, 0.25) is 0 Å². The number of thiophene rings is 1. The van der Waals surface area contributed by atoms with Crippen molar-refractivity contribution in [3.05, 3.63) is 49.8 Å². The first-order valence-corrected chi connectivity index (χ1v) is 7.02. The first-order valence-electron chi connectivity index (χ1n) is 5.04. The van der Waals surface area contributed by atoms with E-state index in [0.29, 0.717) is 10.4 Å². The summed E-state index contributed by atoms with van der Waals surface area (Å²) in [6.45, 7) is 0. The molecule has 2 N–H and O–H groups in total. The zero-order valence-electron chi connectivity index (χ0n) is 9.31. The van der Waals surface area contributed by atoms with Crippen LogP contribution >= 0.6 is 38.9 Å². The molecule has 98 valence electrons. The molecule has 2 aromatic rings. The van der Waals surface area contributed by atoms with E-state index in [0.717, 1.165) is 3.79 Å². The number of carbonyl (C=O) groups excluding carboxylic acids is 2. The van der Waals surface area contributed by atoms with E-state index in [1.54, 1.807) is 12.1 Å². The second kappa shape index (κ2) is 6.14. The number of hydrazine groups is 1. The largest absolute Gasteiger partial charge is 0.279 e. The smallest absolute Gasteiger partial charge is 0.267 e. The molecule has 0 unspecified atom stereocenters. The van der Waals surface area contributed by atoms with Crippen molar-refractivity contribution >= 4 is 50.7 Å². The van der Waals surface area contributed by atoms with Crippen LogP contribution in [0.5, 0.6) is 0 Å². The Kier molecular flexibility index (Phi) is 4.52. The molecule has 0 aliphatic rings. The highest BCUT2D eigenvalue weighted by atomic mass is 79.9. The molecule has 0 saturated carbocycles. The molecular weight excluding hydrogens is 354 g/mol. The highest BCUT2D eigenvalue weighted by molar-refractivity contribution is 9.11. The Labute approximate surface area is 126 Å². The van der Waals surface area contributed by atoms with E-state index in [9.17, 15) is 9.59 Å². The van der Waals surface area contributed by atoms with Crippen LogP contribution in [0.1, 0.15) is 20.0 Å². The van der Waals surface area contributed by atoms with Crippen LogP contribution in [0, 0.1) is 0 Å². The van der Waals surface area contributed by atoms with E-state index in [1.807, 2.05) is 0 Å². The van der Waals surface area contributed by atoms with Crippen molar-refractivity contribution < 1.29 is 9.59 Å². The summed E-state index contributed by atoms with van der Waals surface area (Å²) < 4.78 is 0.838. The fourth-order valence-electron chi connectivity index (χ4n) is 1.23. The maximum Gasteiger partial charge on any atom is 0.279 e. The van der Waals surface area contributed by atoms with Crippen LogP contribution < -0.4 is 10.9 Å². The van der Waals surface area contributed by atoms with Crippen molar-refractivity contribution in [3.8, 4) is 0 Å². The van der Waals surface area contributed by atoms with Gasteiger partial charge in [-0.3, -0.25) is 20.4 Å². The summed E-state index contributed by atoms with van der Waals surface area (Å²) in [5.74, 6) is -0.850. The SMILES string of the molecule is O=C(NNC(=O)c1ccc(Br)s1)c1ccnc(Cl)c1. The van der Waals surface area contributed by atoms with Gasteiger partial charge in [-0.05, 0) is 40.2 Å². The van der Waals surface area contributed by atoms with Crippen molar-refractivity contribution in [1.82, 2.24) is 15.8 Å². The zero-order chi connectivity index (χ0) is 13.8. The van der Waals surface area contributed by atoms with Crippen molar-refractivity contribution in [1.29, 1.82) is 0 Å². The number of carbonyl (C=O) groups is 2. The molecule has 2 aromatic heterocycles. The van der Waals surface area contributed by atoms with Crippen molar-refractivity contribution in [3.63, 3.8) is 0 Å². The maximum atomic E-state index is 11.7. The maximum absolute atomic E-state index is 11.7. The fourth-order valence-corrected chi connectivity index (χ4v) is 2.68. The molecule has 2 rings (SSSR count). The molecule has 2 heterocycles. The van der Waals surface area contributed by atoms with Gasteiger partial charge < -0.3 is 0 Å². The Hall–Kier alpha value is -1.44. The number of aromatic nitrogens is 1. The third kappa shape index (κ3) is 3.76. The molecule has 0 spiro atoms. The minimum absolute atomic E-state index is 0.209. The van der Waals surface area contributed by atoms with Gasteiger partial charge in [0.25, 0.3) is 11.8 Å². The average Bonchev–Trinajstić information content (AvgIpc) is 2.82. The minimum atomic E-state index is -0.465. The average molecular weight is 361 g/mol. The molecule has 0 radical (unpaired) electrons. The Bertz CT molecular complexity index is 632. The number of nitrogens with one attached hydrogen (secondary N) is 2. The number of halogens is 2. The third-order valence-corrected chi connectivity index (χ3v) is 3.90. The molecule has 5 nitrogen and oxygen atoms in total. The topological polar surface area (TPSA) is 71.1 Å². The van der Waals surface area contributed by atoms with Gasteiger partial charge in [0.1, 0.15) is 5.15 Å². The Morgan fingerprint density at radius 3 is 2.58 bits per heavy atom. The number of pyridine rings is 1. The van der Waals surface area contributed by atoms with Gasteiger partial charge >= 0.3 is 0 Å². The van der Waals surface area contributed by atoms with Crippen LogP contribution in [0.15, 0.2) is 34.2 Å². The summed E-state index contributed by atoms with van der Waals surface area (Å²) in [5.41, 5.74) is 4.93. The molecule has 0 aromatic carbocycles. The third-order valence-electron chi connectivity index (χ3n) is 2.08. The summed E-state index contributed by atoms with van der Waals surface area (Å²) in [6.07, 6.45) is 1.41. The fraction of sp³-hybridized carbons (Fsp3) is 0. The van der Waals surface area contributed by atoms with Crippen LogP contribution in [0.2, 0.25) is 5.15 Å². The number of rotatable bonds is 2. The van der Waals surface area contributed by atoms with E-state index in [4.69, 9.17) is 11.6 Å². The van der Waals surface area contributed by atoms with Crippen LogP contribution in [0.4, 0.5) is 0 Å². The molecule has 0 aliphatic carbocycles. The van der Waals surface area contributed by atoms with Crippen LogP contribution in [0.3, 0.4) is 0 Å². The monoisotopic (exact) mass is 359 g/mol. The lowest BCUT2D eigenvalue weighted by Crippen LogP contribution is -2.41. The highest BCUT2D eigenvalue weighted by Gasteiger charge is 2.11. The number of nitrogens with zero attached hydrogens (tertiary/aromatic N) is 1. The van der Waals surface area contributed by atoms with Crippen LogP contribution in [-0.4, -0.2) is 16.8 Å². The molecule has 8 heteroatoms. The van der Waals surface area contributed by atoms with Crippen LogP contribution in [-0.2, 0) is 0 Å². The van der Waals surface area contributed by atoms with Gasteiger partial charge in [-0.1, -0.05) is 11.6 Å². The predicted octanol–water partition coefficient (Wildman–Crippen LogP) is 2.63. The lowest BCUT2D eigenvalue weighted by Gasteiger charge is -2.06. The molecule has 0 bridgehead atoms. The summed E-state index contributed by atoms with van der Waals surface area (Å²) in [5, 5.41) is 0.209. The Balaban J connectivity index is 1.95. The van der Waals surface area contributed by atoms with E-state index in [1.165, 1.54) is 29.7 Å². The second-order valence-corrected chi connectivity index (χ2v) is 6.23. The van der Waals surface area contributed by atoms with Gasteiger partial charge in [-0.2, -0.15) is 0 Å². The highest BCUT2D eigenvalue weighted by Crippen LogP contribution is 2.21. The first kappa shape index (κ1) is 14.0. The van der Waals surface area contributed by atoms with Crippen molar-refractivity contribution in [2.75, 3.05) is 0 Å².